The second-order valence-corrected chi connectivity index (χ2v) is 8.70. The number of anilines is 2. The molecule has 162 valence electrons. The third-order valence-electron chi connectivity index (χ3n) is 4.44. The van der Waals surface area contributed by atoms with Gasteiger partial charge in [-0.1, -0.05) is 29.3 Å². The number of nitrogens with one attached hydrogen (secondary N) is 2. The fourth-order valence-electron chi connectivity index (χ4n) is 2.78. The topological polar surface area (TPSA) is 93.7 Å². The monoisotopic (exact) mass is 460 g/mol. The first-order valence-corrected chi connectivity index (χ1v) is 11.0. The van der Waals surface area contributed by atoms with Crippen LogP contribution in [0.25, 0.3) is 0 Å². The molecule has 1 amide bonds. The molecule has 7 nitrogen and oxygen atoms in total. The van der Waals surface area contributed by atoms with Crippen LogP contribution in [0.5, 0.6) is 11.5 Å². The van der Waals surface area contributed by atoms with Crippen LogP contribution in [0.2, 0.25) is 5.02 Å². The number of carbonyl (C=O) groups excluding carboxylic acids is 1. The van der Waals surface area contributed by atoms with Crippen molar-refractivity contribution in [2.45, 2.75) is 11.8 Å². The van der Waals surface area contributed by atoms with Crippen LogP contribution in [0.15, 0.2) is 65.6 Å². The maximum absolute atomic E-state index is 12.9. The van der Waals surface area contributed by atoms with Crippen molar-refractivity contribution in [3.05, 3.63) is 76.8 Å². The maximum atomic E-state index is 12.9. The number of carbonyl (C=O) groups is 1. The van der Waals surface area contributed by atoms with Crippen molar-refractivity contribution < 1.29 is 22.7 Å². The van der Waals surface area contributed by atoms with Gasteiger partial charge in [0.2, 0.25) is 0 Å². The van der Waals surface area contributed by atoms with Crippen molar-refractivity contribution in [3.63, 3.8) is 0 Å². The van der Waals surface area contributed by atoms with Gasteiger partial charge in [0.15, 0.2) is 0 Å². The van der Waals surface area contributed by atoms with Gasteiger partial charge in [0.1, 0.15) is 16.4 Å². The van der Waals surface area contributed by atoms with E-state index in [2.05, 4.69) is 10.0 Å². The van der Waals surface area contributed by atoms with Gasteiger partial charge in [0.25, 0.3) is 15.9 Å². The van der Waals surface area contributed by atoms with Crippen LogP contribution < -0.4 is 19.5 Å². The molecule has 0 saturated carbocycles. The van der Waals surface area contributed by atoms with Crippen molar-refractivity contribution >= 4 is 38.9 Å². The Morgan fingerprint density at radius 2 is 1.65 bits per heavy atom. The van der Waals surface area contributed by atoms with Gasteiger partial charge in [-0.3, -0.25) is 9.52 Å². The Hall–Kier alpha value is -3.23. The van der Waals surface area contributed by atoms with Crippen molar-refractivity contribution in [1.82, 2.24) is 0 Å². The van der Waals surface area contributed by atoms with Gasteiger partial charge in [-0.25, -0.2) is 8.42 Å². The van der Waals surface area contributed by atoms with Crippen LogP contribution in [0.4, 0.5) is 11.4 Å². The summed E-state index contributed by atoms with van der Waals surface area (Å²) in [5.41, 5.74) is 1.91. The summed E-state index contributed by atoms with van der Waals surface area (Å²) in [7, 11) is -1.02. The molecule has 0 aliphatic carbocycles. The number of amides is 1. The average molecular weight is 461 g/mol. The highest BCUT2D eigenvalue weighted by Gasteiger charge is 2.21. The summed E-state index contributed by atoms with van der Waals surface area (Å²) >= 11 is 6.13. The van der Waals surface area contributed by atoms with Gasteiger partial charge in [0.05, 0.1) is 24.9 Å². The SMILES string of the molecule is COc1ccc(NC(=O)c2ccc(Cl)c(S(=O)(=O)Nc3ccc(C)cc3)c2)c(OC)c1. The fourth-order valence-corrected chi connectivity index (χ4v) is 4.36. The Balaban J connectivity index is 1.88. The predicted molar refractivity (Wildman–Crippen MR) is 121 cm³/mol. The van der Waals surface area contributed by atoms with Crippen molar-refractivity contribution in [3.8, 4) is 11.5 Å². The van der Waals surface area contributed by atoms with Crippen LogP contribution in [0.1, 0.15) is 15.9 Å². The van der Waals surface area contributed by atoms with Crippen molar-refractivity contribution in [2.75, 3.05) is 24.3 Å². The van der Waals surface area contributed by atoms with Crippen molar-refractivity contribution in [1.29, 1.82) is 0 Å². The molecule has 0 atom stereocenters. The number of aryl methyl sites for hydroxylation is 1. The maximum Gasteiger partial charge on any atom is 0.263 e. The van der Waals surface area contributed by atoms with E-state index in [9.17, 15) is 13.2 Å². The molecule has 9 heteroatoms. The van der Waals surface area contributed by atoms with E-state index in [-0.39, 0.29) is 15.5 Å². The zero-order chi connectivity index (χ0) is 22.6. The minimum Gasteiger partial charge on any atom is -0.497 e. The normalized spacial score (nSPS) is 11.0. The molecule has 2 N–H and O–H groups in total. The summed E-state index contributed by atoms with van der Waals surface area (Å²) in [5.74, 6) is 0.444. The highest BCUT2D eigenvalue weighted by molar-refractivity contribution is 7.92. The van der Waals surface area contributed by atoms with E-state index in [1.807, 2.05) is 6.92 Å². The Kier molecular flexibility index (Phi) is 6.72. The molecular formula is C22H21ClN2O5S. The Bertz CT molecular complexity index is 1210. The van der Waals surface area contributed by atoms with Crippen LogP contribution in [0.3, 0.4) is 0 Å². The summed E-state index contributed by atoms with van der Waals surface area (Å²) in [6.45, 7) is 1.90. The quantitative estimate of drug-likeness (QED) is 0.532. The zero-order valence-corrected chi connectivity index (χ0v) is 18.7. The molecule has 0 bridgehead atoms. The molecule has 0 aliphatic rings. The fraction of sp³-hybridized carbons (Fsp3) is 0.136. The lowest BCUT2D eigenvalue weighted by atomic mass is 10.2. The van der Waals surface area contributed by atoms with E-state index in [4.69, 9.17) is 21.1 Å². The molecule has 0 fully saturated rings. The standard InChI is InChI=1S/C22H21ClN2O5S/c1-14-4-7-16(8-5-14)25-31(27,28)21-12-15(6-10-18(21)23)22(26)24-19-11-9-17(29-2)13-20(19)30-3/h4-13,25H,1-3H3,(H,24,26). The van der Waals surface area contributed by atoms with Gasteiger partial charge in [-0.15, -0.1) is 0 Å². The van der Waals surface area contributed by atoms with Gasteiger partial charge in [-0.2, -0.15) is 0 Å². The Labute approximate surface area is 186 Å². The summed E-state index contributed by atoms with van der Waals surface area (Å²) in [6, 6.07) is 15.8. The summed E-state index contributed by atoms with van der Waals surface area (Å²) in [4.78, 5) is 12.6. The molecule has 31 heavy (non-hydrogen) atoms. The molecule has 0 radical (unpaired) electrons. The number of ether oxygens (including phenoxy) is 2. The molecule has 3 rings (SSSR count). The van der Waals surface area contributed by atoms with Gasteiger partial charge >= 0.3 is 0 Å². The van der Waals surface area contributed by atoms with E-state index in [1.165, 1.54) is 32.4 Å². The van der Waals surface area contributed by atoms with Crippen LogP contribution in [0, 0.1) is 6.92 Å². The summed E-state index contributed by atoms with van der Waals surface area (Å²) in [5, 5.41) is 2.70. The molecule has 0 unspecified atom stereocenters. The van der Waals surface area contributed by atoms with Gasteiger partial charge < -0.3 is 14.8 Å². The third kappa shape index (κ3) is 5.28. The van der Waals surface area contributed by atoms with Crippen LogP contribution >= 0.6 is 11.6 Å². The molecule has 0 aliphatic heterocycles. The van der Waals surface area contributed by atoms with Crippen LogP contribution in [-0.2, 0) is 10.0 Å². The molecule has 0 spiro atoms. The summed E-state index contributed by atoms with van der Waals surface area (Å²) in [6.07, 6.45) is 0. The zero-order valence-electron chi connectivity index (χ0n) is 17.1. The van der Waals surface area contributed by atoms with E-state index < -0.39 is 15.9 Å². The lowest BCUT2D eigenvalue weighted by molar-refractivity contribution is 0.102. The Morgan fingerprint density at radius 3 is 2.29 bits per heavy atom. The van der Waals surface area contributed by atoms with E-state index in [0.717, 1.165) is 5.56 Å². The number of halogens is 1. The van der Waals surface area contributed by atoms with Crippen molar-refractivity contribution in [2.24, 2.45) is 0 Å². The highest BCUT2D eigenvalue weighted by atomic mass is 35.5. The van der Waals surface area contributed by atoms with E-state index in [0.29, 0.717) is 22.9 Å². The first-order valence-electron chi connectivity index (χ1n) is 9.16. The number of benzene rings is 3. The number of hydrogen-bond donors (Lipinski definition) is 2. The molecule has 0 saturated heterocycles. The molecule has 0 aromatic heterocycles. The lowest BCUT2D eigenvalue weighted by Crippen LogP contribution is -2.16. The molecule has 3 aromatic rings. The predicted octanol–water partition coefficient (Wildman–Crippen LogP) is 4.72. The van der Waals surface area contributed by atoms with E-state index in [1.54, 1.807) is 42.5 Å². The van der Waals surface area contributed by atoms with Gasteiger partial charge in [0, 0.05) is 17.3 Å². The highest BCUT2D eigenvalue weighted by Crippen LogP contribution is 2.30. The minimum absolute atomic E-state index is 0.00168. The first-order chi connectivity index (χ1) is 14.7. The minimum atomic E-state index is -4.01. The lowest BCUT2D eigenvalue weighted by Gasteiger charge is -2.13. The number of methoxy groups -OCH3 is 2. The smallest absolute Gasteiger partial charge is 0.263 e. The van der Waals surface area contributed by atoms with Gasteiger partial charge in [-0.05, 0) is 49.4 Å². The summed E-state index contributed by atoms with van der Waals surface area (Å²) < 4.78 is 38.6. The third-order valence-corrected chi connectivity index (χ3v) is 6.31. The van der Waals surface area contributed by atoms with Crippen LogP contribution in [-0.4, -0.2) is 28.5 Å². The number of hydrogen-bond acceptors (Lipinski definition) is 5. The Morgan fingerprint density at radius 1 is 0.935 bits per heavy atom. The second kappa shape index (κ2) is 9.28. The first kappa shape index (κ1) is 22.5. The average Bonchev–Trinajstić information content (AvgIpc) is 2.75. The largest absolute Gasteiger partial charge is 0.497 e. The molecule has 0 heterocycles. The van der Waals surface area contributed by atoms with E-state index >= 15 is 0 Å². The molecule has 3 aromatic carbocycles. The number of sulfonamides is 1. The second-order valence-electron chi connectivity index (χ2n) is 6.64. The number of rotatable bonds is 7. The molecular weight excluding hydrogens is 440 g/mol.